The van der Waals surface area contributed by atoms with Crippen LogP contribution in [0.2, 0.25) is 5.15 Å². The number of hydrogen-bond donors (Lipinski definition) is 0. The first-order chi connectivity index (χ1) is 5.24. The van der Waals surface area contributed by atoms with Crippen LogP contribution in [0.3, 0.4) is 0 Å². The first-order valence-electron chi connectivity index (χ1n) is 2.91. The van der Waals surface area contributed by atoms with Gasteiger partial charge in [0.05, 0.1) is 12.5 Å². The Hall–Kier alpha value is -0.590. The van der Waals surface area contributed by atoms with Crippen molar-refractivity contribution in [3.8, 4) is 6.07 Å². The summed E-state index contributed by atoms with van der Waals surface area (Å²) in [5, 5.41) is 8.78. The summed E-state index contributed by atoms with van der Waals surface area (Å²) >= 11 is 8.93. The molecule has 1 rings (SSSR count). The fourth-order valence-electron chi connectivity index (χ4n) is 0.674. The lowest BCUT2D eigenvalue weighted by molar-refractivity contribution is 1.18. The van der Waals surface area contributed by atoms with Gasteiger partial charge < -0.3 is 0 Å². The second kappa shape index (κ2) is 3.70. The van der Waals surface area contributed by atoms with Gasteiger partial charge in [-0.25, -0.2) is 4.98 Å². The van der Waals surface area contributed by atoms with E-state index < -0.39 is 0 Å². The van der Waals surface area contributed by atoms with Crippen LogP contribution in [0, 0.1) is 11.3 Å². The van der Waals surface area contributed by atoms with Gasteiger partial charge in [-0.1, -0.05) is 11.6 Å². The fourth-order valence-corrected chi connectivity index (χ4v) is 1.22. The Morgan fingerprint density at radius 1 is 1.73 bits per heavy atom. The highest BCUT2D eigenvalue weighted by Gasteiger charge is 2.00. The molecule has 4 heteroatoms. The summed E-state index contributed by atoms with van der Waals surface area (Å²) in [6.07, 6.45) is 1.90. The number of rotatable bonds is 1. The predicted molar refractivity (Wildman–Crippen MR) is 46.3 cm³/mol. The highest BCUT2D eigenvalue weighted by molar-refractivity contribution is 9.10. The number of nitriles is 1. The standard InChI is InChI=1S/C7H4BrClN2/c8-6-3-5(1-2-10)7(9)11-4-6/h3-4H,1H2. The lowest BCUT2D eigenvalue weighted by Crippen LogP contribution is -1.86. The van der Waals surface area contributed by atoms with E-state index in [1.807, 2.05) is 6.07 Å². The zero-order valence-electron chi connectivity index (χ0n) is 5.51. The van der Waals surface area contributed by atoms with Crippen molar-refractivity contribution in [1.82, 2.24) is 4.98 Å². The van der Waals surface area contributed by atoms with E-state index in [0.29, 0.717) is 11.6 Å². The van der Waals surface area contributed by atoms with Gasteiger partial charge in [0.25, 0.3) is 0 Å². The Labute approximate surface area is 77.9 Å². The summed E-state index contributed by atoms with van der Waals surface area (Å²) in [6, 6.07) is 3.80. The van der Waals surface area contributed by atoms with Gasteiger partial charge in [-0.05, 0) is 22.0 Å². The molecular weight excluding hydrogens is 227 g/mol. The molecule has 0 aliphatic rings. The van der Waals surface area contributed by atoms with Crippen molar-refractivity contribution >= 4 is 27.5 Å². The molecule has 0 N–H and O–H groups in total. The van der Waals surface area contributed by atoms with Crippen molar-refractivity contribution in [2.24, 2.45) is 0 Å². The quantitative estimate of drug-likeness (QED) is 0.697. The van der Waals surface area contributed by atoms with Crippen LogP contribution in [0.4, 0.5) is 0 Å². The maximum absolute atomic E-state index is 8.38. The van der Waals surface area contributed by atoms with Gasteiger partial charge in [-0.2, -0.15) is 5.26 Å². The zero-order valence-corrected chi connectivity index (χ0v) is 7.85. The minimum atomic E-state index is 0.297. The van der Waals surface area contributed by atoms with E-state index in [0.717, 1.165) is 10.0 Å². The minimum absolute atomic E-state index is 0.297. The van der Waals surface area contributed by atoms with E-state index in [9.17, 15) is 0 Å². The summed E-state index contributed by atoms with van der Waals surface area (Å²) in [5.74, 6) is 0. The Morgan fingerprint density at radius 3 is 3.09 bits per heavy atom. The Kier molecular flexibility index (Phi) is 2.86. The van der Waals surface area contributed by atoms with Crippen molar-refractivity contribution in [1.29, 1.82) is 5.26 Å². The summed E-state index contributed by atoms with van der Waals surface area (Å²) in [7, 11) is 0. The van der Waals surface area contributed by atoms with E-state index in [-0.39, 0.29) is 0 Å². The van der Waals surface area contributed by atoms with E-state index in [2.05, 4.69) is 20.9 Å². The van der Waals surface area contributed by atoms with Crippen molar-refractivity contribution in [3.05, 3.63) is 27.5 Å². The molecule has 0 unspecified atom stereocenters. The summed E-state index contributed by atoms with van der Waals surface area (Å²) in [4.78, 5) is 3.86. The molecule has 1 aromatic rings. The van der Waals surface area contributed by atoms with Crippen LogP contribution in [0.1, 0.15) is 5.56 Å². The number of nitrogens with zero attached hydrogens (tertiary/aromatic N) is 2. The fraction of sp³-hybridized carbons (Fsp3) is 0.143. The molecule has 0 bridgehead atoms. The molecule has 0 saturated carbocycles. The zero-order chi connectivity index (χ0) is 8.27. The third-order valence-corrected chi connectivity index (χ3v) is 1.92. The van der Waals surface area contributed by atoms with Crippen LogP contribution in [-0.2, 0) is 6.42 Å². The topological polar surface area (TPSA) is 36.7 Å². The maximum atomic E-state index is 8.38. The van der Waals surface area contributed by atoms with E-state index >= 15 is 0 Å². The highest BCUT2D eigenvalue weighted by atomic mass is 79.9. The van der Waals surface area contributed by atoms with E-state index in [4.69, 9.17) is 16.9 Å². The van der Waals surface area contributed by atoms with Crippen molar-refractivity contribution < 1.29 is 0 Å². The molecule has 2 nitrogen and oxygen atoms in total. The van der Waals surface area contributed by atoms with Gasteiger partial charge in [-0.15, -0.1) is 0 Å². The van der Waals surface area contributed by atoms with Gasteiger partial charge in [0.2, 0.25) is 0 Å². The van der Waals surface area contributed by atoms with Crippen LogP contribution in [0.25, 0.3) is 0 Å². The molecule has 0 radical (unpaired) electrons. The summed E-state index contributed by atoms with van der Waals surface area (Å²) in [6.45, 7) is 0. The molecule has 0 saturated heterocycles. The monoisotopic (exact) mass is 230 g/mol. The number of aromatic nitrogens is 1. The lowest BCUT2D eigenvalue weighted by Gasteiger charge is -1.97. The number of halogens is 2. The average molecular weight is 231 g/mol. The average Bonchev–Trinajstić information content (AvgIpc) is 1.98. The van der Waals surface area contributed by atoms with E-state index in [1.165, 1.54) is 0 Å². The molecule has 1 heterocycles. The molecule has 0 aliphatic heterocycles. The molecule has 0 atom stereocenters. The number of pyridine rings is 1. The SMILES string of the molecule is N#CCc1cc(Br)cnc1Cl. The van der Waals surface area contributed by atoms with Crippen LogP contribution in [0.5, 0.6) is 0 Å². The Bertz CT molecular complexity index is 306. The van der Waals surface area contributed by atoms with Crippen LogP contribution < -0.4 is 0 Å². The second-order valence-corrected chi connectivity index (χ2v) is 3.21. The summed E-state index contributed by atoms with van der Waals surface area (Å²) < 4.78 is 0.840. The molecule has 0 amide bonds. The van der Waals surface area contributed by atoms with Gasteiger partial charge in [0.15, 0.2) is 0 Å². The first-order valence-corrected chi connectivity index (χ1v) is 4.08. The Morgan fingerprint density at radius 2 is 2.45 bits per heavy atom. The normalized spacial score (nSPS) is 9.18. The highest BCUT2D eigenvalue weighted by Crippen LogP contribution is 2.17. The lowest BCUT2D eigenvalue weighted by atomic mass is 10.2. The summed E-state index contributed by atoms with van der Waals surface area (Å²) in [5.41, 5.74) is 0.753. The molecule has 11 heavy (non-hydrogen) atoms. The first kappa shape index (κ1) is 8.51. The molecule has 1 aromatic heterocycles. The van der Waals surface area contributed by atoms with Crippen LogP contribution in [-0.4, -0.2) is 4.98 Å². The molecule has 56 valence electrons. The number of hydrogen-bond acceptors (Lipinski definition) is 2. The molecule has 0 fully saturated rings. The van der Waals surface area contributed by atoms with Crippen LogP contribution in [0.15, 0.2) is 16.7 Å². The minimum Gasteiger partial charge on any atom is -0.243 e. The van der Waals surface area contributed by atoms with Gasteiger partial charge in [0.1, 0.15) is 5.15 Å². The largest absolute Gasteiger partial charge is 0.243 e. The maximum Gasteiger partial charge on any atom is 0.133 e. The third-order valence-electron chi connectivity index (χ3n) is 1.15. The Balaban J connectivity index is 3.05. The van der Waals surface area contributed by atoms with Gasteiger partial charge >= 0.3 is 0 Å². The second-order valence-electron chi connectivity index (χ2n) is 1.94. The predicted octanol–water partition coefficient (Wildman–Crippen LogP) is 2.56. The van der Waals surface area contributed by atoms with Gasteiger partial charge in [-0.3, -0.25) is 0 Å². The molecule has 0 aliphatic carbocycles. The van der Waals surface area contributed by atoms with Crippen molar-refractivity contribution in [2.75, 3.05) is 0 Å². The van der Waals surface area contributed by atoms with E-state index in [1.54, 1.807) is 12.3 Å². The van der Waals surface area contributed by atoms with Crippen LogP contribution >= 0.6 is 27.5 Å². The van der Waals surface area contributed by atoms with Crippen molar-refractivity contribution in [2.45, 2.75) is 6.42 Å². The smallest absolute Gasteiger partial charge is 0.133 e. The van der Waals surface area contributed by atoms with Crippen molar-refractivity contribution in [3.63, 3.8) is 0 Å². The van der Waals surface area contributed by atoms with Gasteiger partial charge in [0, 0.05) is 16.2 Å². The molecule has 0 spiro atoms. The molecule has 0 aromatic carbocycles. The molecular formula is C7H4BrClN2. The third kappa shape index (κ3) is 2.18.